The third-order valence-corrected chi connectivity index (χ3v) is 7.07. The monoisotopic (exact) mass is 499 g/mol. The van der Waals surface area contributed by atoms with Crippen LogP contribution in [0.1, 0.15) is 36.8 Å². The predicted octanol–water partition coefficient (Wildman–Crippen LogP) is 5.03. The van der Waals surface area contributed by atoms with Crippen molar-refractivity contribution < 1.29 is 13.7 Å². The van der Waals surface area contributed by atoms with Crippen LogP contribution < -0.4 is 10.3 Å². The van der Waals surface area contributed by atoms with E-state index in [4.69, 9.17) is 11.6 Å². The molecule has 2 aromatic carbocycles. The van der Waals surface area contributed by atoms with E-state index in [-0.39, 0.29) is 17.8 Å². The first kappa shape index (κ1) is 24.1. The fourth-order valence-corrected chi connectivity index (χ4v) is 4.44. The molecule has 0 spiro atoms. The molecule has 34 heavy (non-hydrogen) atoms. The van der Waals surface area contributed by atoms with Gasteiger partial charge in [-0.05, 0) is 57.2 Å². The molecule has 0 radical (unpaired) electrons. The molecule has 0 fully saturated rings. The lowest BCUT2D eigenvalue weighted by molar-refractivity contribution is 0.0973. The Kier molecular flexibility index (Phi) is 6.58. The zero-order chi connectivity index (χ0) is 24.6. The molecule has 9 heteroatoms. The molecule has 1 amide bonds. The van der Waals surface area contributed by atoms with Crippen LogP contribution in [0.2, 0.25) is 5.02 Å². The van der Waals surface area contributed by atoms with Crippen LogP contribution in [0.4, 0.5) is 4.39 Å². The van der Waals surface area contributed by atoms with Gasteiger partial charge in [0.1, 0.15) is 16.3 Å². The number of hydrogen-bond donors (Lipinski definition) is 2. The van der Waals surface area contributed by atoms with Gasteiger partial charge in [0, 0.05) is 38.8 Å². The van der Waals surface area contributed by atoms with Gasteiger partial charge in [-0.3, -0.25) is 9.59 Å². The Labute approximate surface area is 204 Å². The number of amides is 1. The molecule has 2 heterocycles. The third kappa shape index (κ3) is 4.61. The molecule has 0 saturated carbocycles. The minimum Gasteiger partial charge on any atom is -0.593 e. The lowest BCUT2D eigenvalue weighted by Crippen LogP contribution is -2.43. The van der Waals surface area contributed by atoms with E-state index in [0.29, 0.717) is 27.1 Å². The largest absolute Gasteiger partial charge is 0.593 e. The minimum atomic E-state index is -1.72. The Morgan fingerprint density at radius 3 is 2.59 bits per heavy atom. The number of benzene rings is 2. The number of nitrogens with zero attached hydrogens (tertiary/aromatic N) is 1. The summed E-state index contributed by atoms with van der Waals surface area (Å²) in [6.45, 7) is 5.23. The number of carbonyl (C=O) groups excluding carboxylic acids is 1. The summed E-state index contributed by atoms with van der Waals surface area (Å²) in [6, 6.07) is 14.5. The van der Waals surface area contributed by atoms with Crippen molar-refractivity contribution >= 4 is 39.8 Å². The third-order valence-electron chi connectivity index (χ3n) is 5.36. The van der Waals surface area contributed by atoms with Gasteiger partial charge >= 0.3 is 5.91 Å². The summed E-state index contributed by atoms with van der Waals surface area (Å²) in [5, 5.41) is 0.960. The fourth-order valence-electron chi connectivity index (χ4n) is 3.70. The highest BCUT2D eigenvalue weighted by Gasteiger charge is 2.33. The summed E-state index contributed by atoms with van der Waals surface area (Å²) in [5.41, 5.74) is 1.20. The summed E-state index contributed by atoms with van der Waals surface area (Å²) in [7, 11) is 0. The molecule has 4 rings (SSSR count). The molecular formula is C25H23ClFN3O3S. The molecule has 0 aliphatic carbocycles. The number of H-pyrrole nitrogens is 1. The number of nitrogens with one attached hydrogen (secondary N) is 2. The molecule has 0 aliphatic rings. The number of halogens is 2. The van der Waals surface area contributed by atoms with Crippen LogP contribution in [0.25, 0.3) is 22.0 Å². The average molecular weight is 500 g/mol. The fraction of sp³-hybridized carbons (Fsp3) is 0.200. The van der Waals surface area contributed by atoms with Crippen LogP contribution in [0.3, 0.4) is 0 Å². The highest BCUT2D eigenvalue weighted by molar-refractivity contribution is 7.91. The first-order chi connectivity index (χ1) is 16.1. The molecule has 4 aromatic rings. The van der Waals surface area contributed by atoms with Gasteiger partial charge in [0.15, 0.2) is 0 Å². The second-order valence-corrected chi connectivity index (χ2v) is 11.2. The SMILES string of the molecule is CC(C)(C)[S@+]([O-])NC(=O)c1c(-c2ccc[nH]c2=O)c2cc(Cl)ccc2n1Cc1ccccc1F. The van der Waals surface area contributed by atoms with Crippen molar-refractivity contribution in [3.8, 4) is 11.1 Å². The van der Waals surface area contributed by atoms with Crippen molar-refractivity contribution in [3.05, 3.63) is 93.2 Å². The van der Waals surface area contributed by atoms with Crippen LogP contribution >= 0.6 is 11.6 Å². The van der Waals surface area contributed by atoms with E-state index in [1.165, 1.54) is 12.3 Å². The number of carbonyl (C=O) groups is 1. The van der Waals surface area contributed by atoms with E-state index in [9.17, 15) is 18.5 Å². The number of aromatic amines is 1. The molecule has 0 aliphatic heterocycles. The lowest BCUT2D eigenvalue weighted by atomic mass is 10.0. The van der Waals surface area contributed by atoms with E-state index in [1.54, 1.807) is 73.9 Å². The predicted molar refractivity (Wildman–Crippen MR) is 134 cm³/mol. The van der Waals surface area contributed by atoms with Crippen molar-refractivity contribution in [1.29, 1.82) is 0 Å². The lowest BCUT2D eigenvalue weighted by Gasteiger charge is -2.23. The molecule has 6 nitrogen and oxygen atoms in total. The Morgan fingerprint density at radius 1 is 1.18 bits per heavy atom. The van der Waals surface area contributed by atoms with Crippen molar-refractivity contribution in [1.82, 2.24) is 14.3 Å². The smallest absolute Gasteiger partial charge is 0.309 e. The number of hydrogen-bond acceptors (Lipinski definition) is 3. The van der Waals surface area contributed by atoms with Gasteiger partial charge in [-0.1, -0.05) is 29.8 Å². The Bertz CT molecular complexity index is 1440. The quantitative estimate of drug-likeness (QED) is 0.377. The first-order valence-electron chi connectivity index (χ1n) is 10.5. The van der Waals surface area contributed by atoms with Crippen LogP contribution in [0.15, 0.2) is 65.6 Å². The molecule has 1 atom stereocenters. The molecule has 0 saturated heterocycles. The van der Waals surface area contributed by atoms with Gasteiger partial charge < -0.3 is 14.1 Å². The normalized spacial score (nSPS) is 12.6. The van der Waals surface area contributed by atoms with Crippen molar-refractivity contribution in [2.45, 2.75) is 32.1 Å². The molecular weight excluding hydrogens is 477 g/mol. The molecule has 2 aromatic heterocycles. The number of aromatic nitrogens is 2. The average Bonchev–Trinajstić information content (AvgIpc) is 3.08. The maximum absolute atomic E-state index is 14.6. The summed E-state index contributed by atoms with van der Waals surface area (Å²) >= 11 is 4.56. The van der Waals surface area contributed by atoms with Gasteiger partial charge in [0.25, 0.3) is 5.56 Å². The second-order valence-electron chi connectivity index (χ2n) is 8.79. The molecule has 176 valence electrons. The first-order valence-corrected chi connectivity index (χ1v) is 12.1. The van der Waals surface area contributed by atoms with Crippen molar-refractivity contribution in [3.63, 3.8) is 0 Å². The van der Waals surface area contributed by atoms with Crippen LogP contribution in [-0.4, -0.2) is 24.8 Å². The molecule has 2 N–H and O–H groups in total. The zero-order valence-electron chi connectivity index (χ0n) is 18.8. The van der Waals surface area contributed by atoms with Crippen molar-refractivity contribution in [2.75, 3.05) is 0 Å². The Morgan fingerprint density at radius 2 is 1.91 bits per heavy atom. The van der Waals surface area contributed by atoms with Gasteiger partial charge in [0.05, 0.1) is 17.9 Å². The van der Waals surface area contributed by atoms with Gasteiger partial charge in [-0.2, -0.15) is 4.72 Å². The minimum absolute atomic E-state index is 0.0143. The summed E-state index contributed by atoms with van der Waals surface area (Å²) < 4.78 is 30.8. The van der Waals surface area contributed by atoms with Crippen LogP contribution in [-0.2, 0) is 17.9 Å². The Balaban J connectivity index is 2.03. The summed E-state index contributed by atoms with van der Waals surface area (Å²) in [6.07, 6.45) is 1.49. The van der Waals surface area contributed by atoms with Crippen LogP contribution in [0.5, 0.6) is 0 Å². The summed E-state index contributed by atoms with van der Waals surface area (Å²) in [5.74, 6) is -1.07. The zero-order valence-corrected chi connectivity index (χ0v) is 20.4. The van der Waals surface area contributed by atoms with Crippen LogP contribution in [0, 0.1) is 5.82 Å². The number of rotatable bonds is 5. The van der Waals surface area contributed by atoms with Gasteiger partial charge in [-0.25, -0.2) is 4.39 Å². The maximum atomic E-state index is 14.6. The van der Waals surface area contributed by atoms with E-state index in [1.807, 2.05) is 0 Å². The Hall–Kier alpha value is -3.07. The van der Waals surface area contributed by atoms with Gasteiger partial charge in [0.2, 0.25) is 0 Å². The maximum Gasteiger partial charge on any atom is 0.309 e. The number of fused-ring (bicyclic) bond motifs is 1. The van der Waals surface area contributed by atoms with Gasteiger partial charge in [-0.15, -0.1) is 0 Å². The highest BCUT2D eigenvalue weighted by atomic mass is 35.5. The standard InChI is InChI=1S/C25H23ClFN3O3S/c1-25(2,3)34(33)29-24(32)22-21(17-8-6-12-28-23(17)31)18-13-16(26)10-11-20(18)30(22)14-15-7-4-5-9-19(15)27/h4-13H,14H2,1-3H3,(H,28,31)(H,29,32)/t34-/m0/s1. The number of pyridine rings is 1. The molecule has 0 bridgehead atoms. The van der Waals surface area contributed by atoms with E-state index < -0.39 is 33.4 Å². The summed E-state index contributed by atoms with van der Waals surface area (Å²) in [4.78, 5) is 29.0. The topological polar surface area (TPSA) is 89.9 Å². The van der Waals surface area contributed by atoms with E-state index >= 15 is 0 Å². The second kappa shape index (κ2) is 9.29. The highest BCUT2D eigenvalue weighted by Crippen LogP contribution is 2.36. The van der Waals surface area contributed by atoms with E-state index in [2.05, 4.69) is 9.71 Å². The van der Waals surface area contributed by atoms with Crippen molar-refractivity contribution in [2.24, 2.45) is 0 Å². The van der Waals surface area contributed by atoms with E-state index in [0.717, 1.165) is 0 Å². The molecule has 0 unspecified atom stereocenters.